The van der Waals surface area contributed by atoms with Gasteiger partial charge in [-0.1, -0.05) is 12.1 Å². The average Bonchev–Trinajstić information content (AvgIpc) is 2.17. The SMILES string of the molecule is CN(C)[C@H](CO)c1ccc(C(F)(F)F)cc1. The fourth-order valence-electron chi connectivity index (χ4n) is 1.46. The van der Waals surface area contributed by atoms with Crippen LogP contribution in [-0.2, 0) is 6.18 Å². The first-order chi connectivity index (χ1) is 7.36. The molecule has 0 fully saturated rings. The van der Waals surface area contributed by atoms with Crippen LogP contribution in [0.5, 0.6) is 0 Å². The molecule has 16 heavy (non-hydrogen) atoms. The fourth-order valence-corrected chi connectivity index (χ4v) is 1.46. The zero-order chi connectivity index (χ0) is 12.3. The first-order valence-corrected chi connectivity index (χ1v) is 4.80. The molecule has 5 heteroatoms. The maximum absolute atomic E-state index is 12.3. The number of aliphatic hydroxyl groups is 1. The predicted molar refractivity (Wildman–Crippen MR) is 55.0 cm³/mol. The summed E-state index contributed by atoms with van der Waals surface area (Å²) in [4.78, 5) is 1.75. The van der Waals surface area contributed by atoms with Gasteiger partial charge in [0, 0.05) is 0 Å². The zero-order valence-corrected chi connectivity index (χ0v) is 9.12. The lowest BCUT2D eigenvalue weighted by Crippen LogP contribution is -2.23. The van der Waals surface area contributed by atoms with E-state index in [0.29, 0.717) is 5.56 Å². The van der Waals surface area contributed by atoms with Crippen molar-refractivity contribution in [2.24, 2.45) is 0 Å². The number of hydrogen-bond donors (Lipinski definition) is 1. The number of alkyl halides is 3. The van der Waals surface area contributed by atoms with Gasteiger partial charge in [0.25, 0.3) is 0 Å². The summed E-state index contributed by atoms with van der Waals surface area (Å²) in [5.74, 6) is 0. The summed E-state index contributed by atoms with van der Waals surface area (Å²) < 4.78 is 36.9. The molecule has 1 aromatic rings. The Labute approximate surface area is 92.3 Å². The maximum Gasteiger partial charge on any atom is 0.416 e. The van der Waals surface area contributed by atoms with Crippen molar-refractivity contribution < 1.29 is 18.3 Å². The Hall–Kier alpha value is -1.07. The third kappa shape index (κ3) is 2.96. The highest BCUT2D eigenvalue weighted by Gasteiger charge is 2.30. The fraction of sp³-hybridized carbons (Fsp3) is 0.455. The van der Waals surface area contributed by atoms with Gasteiger partial charge >= 0.3 is 6.18 Å². The van der Waals surface area contributed by atoms with E-state index in [-0.39, 0.29) is 12.6 Å². The minimum absolute atomic E-state index is 0.127. The van der Waals surface area contributed by atoms with E-state index < -0.39 is 11.7 Å². The lowest BCUT2D eigenvalue weighted by molar-refractivity contribution is -0.137. The lowest BCUT2D eigenvalue weighted by Gasteiger charge is -2.22. The Morgan fingerprint density at radius 1 is 1.19 bits per heavy atom. The van der Waals surface area contributed by atoms with Crippen LogP contribution >= 0.6 is 0 Å². The van der Waals surface area contributed by atoms with E-state index in [1.807, 2.05) is 0 Å². The molecule has 0 spiro atoms. The monoisotopic (exact) mass is 233 g/mol. The predicted octanol–water partition coefficient (Wildman–Crippen LogP) is 2.30. The zero-order valence-electron chi connectivity index (χ0n) is 9.12. The first-order valence-electron chi connectivity index (χ1n) is 4.80. The summed E-state index contributed by atoms with van der Waals surface area (Å²) in [5, 5.41) is 9.12. The summed E-state index contributed by atoms with van der Waals surface area (Å²) in [5.41, 5.74) is -0.00723. The van der Waals surface area contributed by atoms with Crippen molar-refractivity contribution in [1.29, 1.82) is 0 Å². The largest absolute Gasteiger partial charge is 0.416 e. The smallest absolute Gasteiger partial charge is 0.394 e. The molecule has 1 rings (SSSR count). The van der Waals surface area contributed by atoms with Gasteiger partial charge in [0.05, 0.1) is 18.2 Å². The van der Waals surface area contributed by atoms with Crippen molar-refractivity contribution in [1.82, 2.24) is 4.90 Å². The van der Waals surface area contributed by atoms with Crippen LogP contribution in [0.25, 0.3) is 0 Å². The maximum atomic E-state index is 12.3. The van der Waals surface area contributed by atoms with Gasteiger partial charge in [-0.2, -0.15) is 13.2 Å². The average molecular weight is 233 g/mol. The van der Waals surface area contributed by atoms with Gasteiger partial charge in [-0.3, -0.25) is 0 Å². The van der Waals surface area contributed by atoms with Crippen molar-refractivity contribution in [2.75, 3.05) is 20.7 Å². The van der Waals surface area contributed by atoms with Crippen molar-refractivity contribution >= 4 is 0 Å². The molecular weight excluding hydrogens is 219 g/mol. The Morgan fingerprint density at radius 2 is 1.69 bits per heavy atom. The highest BCUT2D eigenvalue weighted by molar-refractivity contribution is 5.26. The number of likely N-dealkylation sites (N-methyl/N-ethyl adjacent to an activating group) is 1. The minimum atomic E-state index is -4.31. The second kappa shape index (κ2) is 4.84. The van der Waals surface area contributed by atoms with Crippen molar-refractivity contribution in [3.8, 4) is 0 Å². The van der Waals surface area contributed by atoms with E-state index in [0.717, 1.165) is 12.1 Å². The molecule has 1 N–H and O–H groups in total. The molecule has 0 aromatic heterocycles. The lowest BCUT2D eigenvalue weighted by atomic mass is 10.0. The topological polar surface area (TPSA) is 23.5 Å². The number of halogens is 3. The van der Waals surface area contributed by atoms with Crippen LogP contribution < -0.4 is 0 Å². The second-order valence-corrected chi connectivity index (χ2v) is 3.78. The molecule has 0 saturated heterocycles. The highest BCUT2D eigenvalue weighted by Crippen LogP contribution is 2.30. The number of aliphatic hydroxyl groups excluding tert-OH is 1. The van der Waals surface area contributed by atoms with Gasteiger partial charge in [0.1, 0.15) is 0 Å². The summed E-state index contributed by atoms with van der Waals surface area (Å²) in [6.07, 6.45) is -4.31. The molecule has 0 aliphatic carbocycles. The molecule has 90 valence electrons. The van der Waals surface area contributed by atoms with Crippen molar-refractivity contribution in [3.63, 3.8) is 0 Å². The van der Waals surface area contributed by atoms with Crippen LogP contribution in [0.3, 0.4) is 0 Å². The quantitative estimate of drug-likeness (QED) is 0.865. The van der Waals surface area contributed by atoms with Gasteiger partial charge in [0.15, 0.2) is 0 Å². The summed E-state index contributed by atoms with van der Waals surface area (Å²) in [6, 6.07) is 4.57. The van der Waals surface area contributed by atoms with Gasteiger partial charge < -0.3 is 10.0 Å². The van der Waals surface area contributed by atoms with Crippen LogP contribution in [0.15, 0.2) is 24.3 Å². The highest BCUT2D eigenvalue weighted by atomic mass is 19.4. The second-order valence-electron chi connectivity index (χ2n) is 3.78. The number of hydrogen-bond acceptors (Lipinski definition) is 2. The van der Waals surface area contributed by atoms with E-state index in [1.54, 1.807) is 19.0 Å². The molecule has 0 radical (unpaired) electrons. The van der Waals surface area contributed by atoms with Gasteiger partial charge in [-0.05, 0) is 31.8 Å². The molecule has 0 saturated carbocycles. The van der Waals surface area contributed by atoms with Crippen molar-refractivity contribution in [3.05, 3.63) is 35.4 Å². The van der Waals surface area contributed by atoms with Gasteiger partial charge in [-0.25, -0.2) is 0 Å². The van der Waals surface area contributed by atoms with Gasteiger partial charge in [0.2, 0.25) is 0 Å². The van der Waals surface area contributed by atoms with Crippen LogP contribution in [0.2, 0.25) is 0 Å². The van der Waals surface area contributed by atoms with Crippen LogP contribution in [-0.4, -0.2) is 30.7 Å². The Kier molecular flexibility index (Phi) is 3.93. The molecule has 1 aromatic carbocycles. The van der Waals surface area contributed by atoms with E-state index in [2.05, 4.69) is 0 Å². The number of rotatable bonds is 3. The van der Waals surface area contributed by atoms with Crippen LogP contribution in [0, 0.1) is 0 Å². The molecular formula is C11H14F3NO. The summed E-state index contributed by atoms with van der Waals surface area (Å²) in [7, 11) is 3.52. The van der Waals surface area contributed by atoms with E-state index >= 15 is 0 Å². The Bertz CT molecular complexity index is 332. The molecule has 0 aliphatic heterocycles. The molecule has 0 bridgehead atoms. The van der Waals surface area contributed by atoms with Crippen LogP contribution in [0.1, 0.15) is 17.2 Å². The van der Waals surface area contributed by atoms with Gasteiger partial charge in [-0.15, -0.1) is 0 Å². The van der Waals surface area contributed by atoms with E-state index in [9.17, 15) is 13.2 Å². The number of benzene rings is 1. The summed E-state index contributed by atoms with van der Waals surface area (Å²) in [6.45, 7) is -0.127. The Balaban J connectivity index is 2.94. The van der Waals surface area contributed by atoms with E-state index in [1.165, 1.54) is 12.1 Å². The molecule has 0 heterocycles. The van der Waals surface area contributed by atoms with Crippen LogP contribution in [0.4, 0.5) is 13.2 Å². The molecule has 1 atom stereocenters. The number of nitrogens with zero attached hydrogens (tertiary/aromatic N) is 1. The normalized spacial score (nSPS) is 14.2. The first kappa shape index (κ1) is 13.0. The third-order valence-electron chi connectivity index (χ3n) is 2.42. The molecule has 0 aliphatic rings. The minimum Gasteiger partial charge on any atom is -0.394 e. The van der Waals surface area contributed by atoms with E-state index in [4.69, 9.17) is 5.11 Å². The molecule has 0 unspecified atom stereocenters. The van der Waals surface area contributed by atoms with Crippen molar-refractivity contribution in [2.45, 2.75) is 12.2 Å². The summed E-state index contributed by atoms with van der Waals surface area (Å²) >= 11 is 0. The third-order valence-corrected chi connectivity index (χ3v) is 2.42. The Morgan fingerprint density at radius 3 is 2.00 bits per heavy atom. The molecule has 2 nitrogen and oxygen atoms in total. The standard InChI is InChI=1S/C11H14F3NO/c1-15(2)10(7-16)8-3-5-9(6-4-8)11(12,13)14/h3-6,10,16H,7H2,1-2H3/t10-/m1/s1. The molecule has 0 amide bonds.